The van der Waals surface area contributed by atoms with Crippen molar-refractivity contribution in [2.24, 2.45) is 0 Å². The molecule has 0 saturated carbocycles. The molecule has 1 amide bonds. The van der Waals surface area contributed by atoms with Gasteiger partial charge in [0.15, 0.2) is 0 Å². The van der Waals surface area contributed by atoms with Gasteiger partial charge in [-0.15, -0.1) is 0 Å². The van der Waals surface area contributed by atoms with Gasteiger partial charge in [0.2, 0.25) is 0 Å². The summed E-state index contributed by atoms with van der Waals surface area (Å²) in [6, 6.07) is 14.6. The molecule has 3 aromatic rings. The van der Waals surface area contributed by atoms with Crippen LogP contribution in [0.1, 0.15) is 35.2 Å². The molecule has 1 fully saturated rings. The van der Waals surface area contributed by atoms with Crippen LogP contribution in [0, 0.1) is 0 Å². The molecule has 0 atom stereocenters. The molecule has 1 aromatic heterocycles. The number of likely N-dealkylation sites (tertiary alicyclic amines) is 1. The highest BCUT2D eigenvalue weighted by Crippen LogP contribution is 2.10. The molecule has 0 radical (unpaired) electrons. The minimum absolute atomic E-state index is 0.197. The molecule has 0 spiro atoms. The summed E-state index contributed by atoms with van der Waals surface area (Å²) in [4.78, 5) is 43.0. The molecule has 0 bridgehead atoms. The number of carbonyl (C=O) groups is 1. The van der Waals surface area contributed by atoms with Crippen molar-refractivity contribution in [1.29, 1.82) is 0 Å². The fourth-order valence-corrected chi connectivity index (χ4v) is 4.10. The van der Waals surface area contributed by atoms with E-state index in [1.54, 1.807) is 18.2 Å². The maximum Gasteiger partial charge on any atom is 0.328 e. The van der Waals surface area contributed by atoms with Crippen molar-refractivity contribution in [2.75, 3.05) is 26.2 Å². The van der Waals surface area contributed by atoms with E-state index in [1.165, 1.54) is 17.4 Å². The Morgan fingerprint density at radius 2 is 1.77 bits per heavy atom. The highest BCUT2D eigenvalue weighted by atomic mass is 16.2. The molecule has 1 aliphatic rings. The number of hydrogen-bond acceptors (Lipinski definition) is 4. The first-order chi connectivity index (χ1) is 15.1. The Kier molecular flexibility index (Phi) is 6.62. The average Bonchev–Trinajstić information content (AvgIpc) is 3.30. The molecule has 0 unspecified atom stereocenters. The minimum Gasteiger partial charge on any atom is -0.352 e. The summed E-state index contributed by atoms with van der Waals surface area (Å²) in [5, 5.41) is 3.33. The summed E-state index contributed by atoms with van der Waals surface area (Å²) in [5.74, 6) is -0.197. The summed E-state index contributed by atoms with van der Waals surface area (Å²) in [7, 11) is 0. The van der Waals surface area contributed by atoms with E-state index in [1.807, 2.05) is 30.3 Å². The molecular weight excluding hydrogens is 392 g/mol. The van der Waals surface area contributed by atoms with Crippen LogP contribution in [0.15, 0.2) is 58.1 Å². The van der Waals surface area contributed by atoms with Gasteiger partial charge in [0, 0.05) is 18.7 Å². The van der Waals surface area contributed by atoms with E-state index in [0.717, 1.165) is 31.6 Å². The number of fused-ring (bicyclic) bond motifs is 1. The van der Waals surface area contributed by atoms with Crippen molar-refractivity contribution in [3.8, 4) is 0 Å². The number of aromatic amines is 1. The molecule has 162 valence electrons. The van der Waals surface area contributed by atoms with Gasteiger partial charge < -0.3 is 15.2 Å². The summed E-state index contributed by atoms with van der Waals surface area (Å²) >= 11 is 0. The first-order valence-corrected chi connectivity index (χ1v) is 10.9. The second-order valence-electron chi connectivity index (χ2n) is 8.04. The maximum atomic E-state index is 12.8. The molecule has 2 N–H and O–H groups in total. The van der Waals surface area contributed by atoms with Crippen LogP contribution >= 0.6 is 0 Å². The summed E-state index contributed by atoms with van der Waals surface area (Å²) in [5.41, 5.74) is 1.08. The summed E-state index contributed by atoms with van der Waals surface area (Å²) < 4.78 is 1.22. The number of benzene rings is 2. The molecule has 7 heteroatoms. The molecule has 7 nitrogen and oxygen atoms in total. The lowest BCUT2D eigenvalue weighted by Gasteiger charge is -2.14. The molecule has 2 heterocycles. The predicted molar refractivity (Wildman–Crippen MR) is 122 cm³/mol. The van der Waals surface area contributed by atoms with Crippen LogP contribution in [0.25, 0.3) is 10.9 Å². The van der Waals surface area contributed by atoms with Crippen molar-refractivity contribution in [3.05, 3.63) is 80.5 Å². The Labute approximate surface area is 180 Å². The number of amides is 1. The zero-order valence-electron chi connectivity index (χ0n) is 17.6. The SMILES string of the molecule is O=C(NCCCN1CCCC1)c1ccc2c(=O)n(CCc3ccccc3)c(=O)[nH]c2c1. The number of rotatable bonds is 8. The van der Waals surface area contributed by atoms with Crippen molar-refractivity contribution in [2.45, 2.75) is 32.2 Å². The monoisotopic (exact) mass is 420 g/mol. The number of aromatic nitrogens is 2. The lowest BCUT2D eigenvalue weighted by molar-refractivity contribution is 0.0952. The highest BCUT2D eigenvalue weighted by molar-refractivity contribution is 5.97. The number of aryl methyl sites for hydroxylation is 1. The van der Waals surface area contributed by atoms with Crippen LogP contribution in [0.3, 0.4) is 0 Å². The van der Waals surface area contributed by atoms with Crippen LogP contribution in [0.4, 0.5) is 0 Å². The molecule has 0 aliphatic carbocycles. The Balaban J connectivity index is 1.43. The van der Waals surface area contributed by atoms with E-state index < -0.39 is 5.69 Å². The molecule has 2 aromatic carbocycles. The number of H-pyrrole nitrogens is 1. The van der Waals surface area contributed by atoms with E-state index in [9.17, 15) is 14.4 Å². The number of hydrogen-bond donors (Lipinski definition) is 2. The van der Waals surface area contributed by atoms with E-state index in [-0.39, 0.29) is 11.5 Å². The third kappa shape index (κ3) is 5.11. The molecule has 4 rings (SSSR count). The van der Waals surface area contributed by atoms with Gasteiger partial charge in [0.1, 0.15) is 0 Å². The zero-order valence-corrected chi connectivity index (χ0v) is 17.6. The van der Waals surface area contributed by atoms with Crippen molar-refractivity contribution in [1.82, 2.24) is 19.8 Å². The normalized spacial score (nSPS) is 14.2. The van der Waals surface area contributed by atoms with Crippen LogP contribution in [-0.2, 0) is 13.0 Å². The number of nitrogens with zero attached hydrogens (tertiary/aromatic N) is 2. The van der Waals surface area contributed by atoms with Gasteiger partial charge in [-0.05, 0) is 69.1 Å². The molecular formula is C24H28N4O3. The summed E-state index contributed by atoms with van der Waals surface area (Å²) in [6.07, 6.45) is 4.01. The second-order valence-corrected chi connectivity index (χ2v) is 8.04. The number of nitrogens with one attached hydrogen (secondary N) is 2. The van der Waals surface area contributed by atoms with Crippen LogP contribution in [0.5, 0.6) is 0 Å². The fourth-order valence-electron chi connectivity index (χ4n) is 4.10. The van der Waals surface area contributed by atoms with Crippen LogP contribution in [0.2, 0.25) is 0 Å². The van der Waals surface area contributed by atoms with E-state index >= 15 is 0 Å². The van der Waals surface area contributed by atoms with Gasteiger partial charge >= 0.3 is 5.69 Å². The maximum absolute atomic E-state index is 12.8. The Bertz CT molecular complexity index is 1160. The lowest BCUT2D eigenvalue weighted by Crippen LogP contribution is -2.35. The first kappa shape index (κ1) is 21.1. The summed E-state index contributed by atoms with van der Waals surface area (Å²) in [6.45, 7) is 4.19. The molecule has 1 saturated heterocycles. The van der Waals surface area contributed by atoms with Crippen LogP contribution < -0.4 is 16.6 Å². The lowest BCUT2D eigenvalue weighted by atomic mass is 10.1. The third-order valence-corrected chi connectivity index (χ3v) is 5.85. The highest BCUT2D eigenvalue weighted by Gasteiger charge is 2.13. The smallest absolute Gasteiger partial charge is 0.328 e. The predicted octanol–water partition coefficient (Wildman–Crippen LogP) is 2.15. The topological polar surface area (TPSA) is 87.2 Å². The quantitative estimate of drug-likeness (QED) is 0.547. The standard InChI is InChI=1S/C24H28N4O3/c29-22(25-12-6-15-27-13-4-5-14-27)19-9-10-20-21(17-19)26-24(31)28(23(20)30)16-11-18-7-2-1-3-8-18/h1-3,7-10,17H,4-6,11-16H2,(H,25,29)(H,26,31). The second kappa shape index (κ2) is 9.75. The van der Waals surface area contributed by atoms with Gasteiger partial charge in [-0.25, -0.2) is 4.79 Å². The Hall–Kier alpha value is -3.19. The van der Waals surface area contributed by atoms with Crippen molar-refractivity contribution < 1.29 is 4.79 Å². The fraction of sp³-hybridized carbons (Fsp3) is 0.375. The molecule has 31 heavy (non-hydrogen) atoms. The third-order valence-electron chi connectivity index (χ3n) is 5.85. The van der Waals surface area contributed by atoms with Crippen LogP contribution in [-0.4, -0.2) is 46.5 Å². The first-order valence-electron chi connectivity index (χ1n) is 10.9. The Morgan fingerprint density at radius 1 is 1.00 bits per heavy atom. The van der Waals surface area contributed by atoms with E-state index in [4.69, 9.17) is 0 Å². The minimum atomic E-state index is -0.461. The van der Waals surface area contributed by atoms with Gasteiger partial charge in [-0.3, -0.25) is 14.2 Å². The zero-order chi connectivity index (χ0) is 21.6. The van der Waals surface area contributed by atoms with Gasteiger partial charge in [0.25, 0.3) is 11.5 Å². The largest absolute Gasteiger partial charge is 0.352 e. The van der Waals surface area contributed by atoms with Crippen molar-refractivity contribution >= 4 is 16.8 Å². The Morgan fingerprint density at radius 3 is 2.55 bits per heavy atom. The van der Waals surface area contributed by atoms with E-state index in [0.29, 0.717) is 36.0 Å². The van der Waals surface area contributed by atoms with Crippen molar-refractivity contribution in [3.63, 3.8) is 0 Å². The number of carbonyl (C=O) groups excluding carboxylic acids is 1. The van der Waals surface area contributed by atoms with Gasteiger partial charge in [-0.1, -0.05) is 30.3 Å². The van der Waals surface area contributed by atoms with Gasteiger partial charge in [0.05, 0.1) is 10.9 Å². The average molecular weight is 421 g/mol. The van der Waals surface area contributed by atoms with Gasteiger partial charge in [-0.2, -0.15) is 0 Å². The van der Waals surface area contributed by atoms with E-state index in [2.05, 4.69) is 15.2 Å². The molecule has 1 aliphatic heterocycles.